The molecule has 0 heterocycles. The number of hydrogen-bond acceptors (Lipinski definition) is 3. The maximum Gasteiger partial charge on any atom is 1.00 e. The van der Waals surface area contributed by atoms with Crippen molar-refractivity contribution < 1.29 is 63.9 Å². The molecule has 1 aromatic carbocycles. The van der Waals surface area contributed by atoms with E-state index < -0.39 is 5.91 Å². The van der Waals surface area contributed by atoms with Crippen LogP contribution < -0.4 is 64.4 Å². The Morgan fingerprint density at radius 3 is 2.22 bits per heavy atom. The van der Waals surface area contributed by atoms with E-state index in [0.717, 1.165) is 0 Å². The van der Waals surface area contributed by atoms with E-state index in [0.29, 0.717) is 10.7 Å². The Morgan fingerprint density at radius 2 is 1.83 bits per heavy atom. The quantitative estimate of drug-likeness (QED) is 0.206. The molecule has 1 amide bonds. The van der Waals surface area contributed by atoms with Crippen LogP contribution in [0, 0.1) is 0 Å². The predicted molar refractivity (Wildman–Crippen MR) is 71.9 cm³/mol. The molecule has 0 spiro atoms. The Kier molecular flexibility index (Phi) is 12.3. The minimum atomic E-state index is -0.607. The zero-order valence-electron chi connectivity index (χ0n) is 9.86. The van der Waals surface area contributed by atoms with E-state index >= 15 is 0 Å². The molecule has 0 unspecified atom stereocenters. The number of hydrogen-bond donors (Lipinski definition) is 1. The molecule has 1 N–H and O–H groups in total. The van der Waals surface area contributed by atoms with Crippen molar-refractivity contribution in [3.05, 3.63) is 40.3 Å². The summed E-state index contributed by atoms with van der Waals surface area (Å²) >= 11 is 14.9. The summed E-state index contributed by atoms with van der Waals surface area (Å²) in [6.45, 7) is 0. The molecule has 0 atom stereocenters. The van der Waals surface area contributed by atoms with Crippen LogP contribution in [0.15, 0.2) is 29.8 Å². The van der Waals surface area contributed by atoms with Crippen LogP contribution in [-0.2, 0) is 17.4 Å². The number of anilines is 1. The molecule has 3 nitrogen and oxygen atoms in total. The van der Waals surface area contributed by atoms with Crippen LogP contribution in [0.4, 0.5) is 5.69 Å². The van der Waals surface area contributed by atoms with E-state index in [-0.39, 0.29) is 68.9 Å². The minimum Gasteiger partial charge on any atom is -0.763 e. The fourth-order valence-electron chi connectivity index (χ4n) is 0.916. The maximum absolute atomic E-state index is 11.5. The number of benzene rings is 1. The van der Waals surface area contributed by atoms with Gasteiger partial charge in [0.25, 0.3) is 5.91 Å². The van der Waals surface area contributed by atoms with Gasteiger partial charge in [-0.05, 0) is 24.3 Å². The number of carbonyl (C=O) groups is 1. The first-order chi connectivity index (χ1) is 7.54. The van der Waals surface area contributed by atoms with Crippen LogP contribution in [0.2, 0.25) is 5.02 Å². The molecule has 1 aromatic rings. The first-order valence-corrected chi connectivity index (χ1v) is 5.29. The summed E-state index contributed by atoms with van der Waals surface area (Å²) in [4.78, 5) is 11.5. The van der Waals surface area contributed by atoms with Crippen molar-refractivity contribution in [2.75, 3.05) is 5.32 Å². The van der Waals surface area contributed by atoms with Crippen LogP contribution in [0.25, 0.3) is 5.41 Å². The van der Waals surface area contributed by atoms with Gasteiger partial charge in [-0.2, -0.15) is 0 Å². The van der Waals surface area contributed by atoms with E-state index in [1.165, 1.54) is 0 Å². The van der Waals surface area contributed by atoms with Gasteiger partial charge in [-0.1, -0.05) is 11.6 Å². The molecule has 1 rings (SSSR count). The standard InChI is InChI=1S/C10H6ClN2OS2.2Na/c11-6-1-3-7(4-2-6)13-9(14)8(5-12)10(15)16;;/h1-4H,(H,13,14)(H,15,16);;/q-1;2*+1/p-1. The number of thiocarbonyl (C=S) groups is 1. The largest absolute Gasteiger partial charge is 1.00 e. The number of halogens is 1. The summed E-state index contributed by atoms with van der Waals surface area (Å²) in [5.41, 5.74) is 0.286. The van der Waals surface area contributed by atoms with Gasteiger partial charge in [-0.25, -0.2) is 0 Å². The maximum atomic E-state index is 11.5. The van der Waals surface area contributed by atoms with Crippen molar-refractivity contribution in [2.45, 2.75) is 0 Å². The molecular formula is C10H5ClN2Na2OS2. The molecule has 0 aliphatic carbocycles. The smallest absolute Gasteiger partial charge is 0.763 e. The van der Waals surface area contributed by atoms with Gasteiger partial charge in [-0.15, -0.1) is 4.20 Å². The molecule has 0 saturated heterocycles. The normalized spacial score (nSPS) is 8.06. The fraction of sp³-hybridized carbons (Fsp3) is 0. The van der Waals surface area contributed by atoms with Gasteiger partial charge in [0.1, 0.15) is 0 Å². The third kappa shape index (κ3) is 6.78. The van der Waals surface area contributed by atoms with E-state index in [1.807, 2.05) is 0 Å². The Balaban J connectivity index is 0. The van der Waals surface area contributed by atoms with Gasteiger partial charge in [-0.3, -0.25) is 10.7 Å². The Bertz CT molecular complexity index is 487. The van der Waals surface area contributed by atoms with Gasteiger partial charge in [0.2, 0.25) is 0 Å². The van der Waals surface area contributed by atoms with Crippen LogP contribution in [0.1, 0.15) is 0 Å². The van der Waals surface area contributed by atoms with Crippen LogP contribution in [-0.4, -0.2) is 16.0 Å². The minimum absolute atomic E-state index is 0. The zero-order chi connectivity index (χ0) is 12.1. The van der Waals surface area contributed by atoms with Gasteiger partial charge >= 0.3 is 59.1 Å². The summed E-state index contributed by atoms with van der Waals surface area (Å²) in [5, 5.41) is 11.7. The van der Waals surface area contributed by atoms with Crippen molar-refractivity contribution in [1.82, 2.24) is 0 Å². The van der Waals surface area contributed by atoms with Crippen LogP contribution >= 0.6 is 23.8 Å². The second-order valence-electron chi connectivity index (χ2n) is 2.74. The fourth-order valence-corrected chi connectivity index (χ4v) is 1.32. The molecule has 0 aromatic heterocycles. The molecule has 8 heteroatoms. The molecule has 18 heavy (non-hydrogen) atoms. The van der Waals surface area contributed by atoms with Crippen molar-refractivity contribution >= 4 is 58.1 Å². The monoisotopic (exact) mass is 314 g/mol. The van der Waals surface area contributed by atoms with E-state index in [4.69, 9.17) is 17.0 Å². The van der Waals surface area contributed by atoms with Crippen molar-refractivity contribution in [1.29, 1.82) is 0 Å². The van der Waals surface area contributed by atoms with Gasteiger partial charge in [0.05, 0.1) is 0 Å². The molecular weight excluding hydrogens is 310 g/mol. The second kappa shape index (κ2) is 10.5. The summed E-state index contributed by atoms with van der Waals surface area (Å²) in [5.74, 6) is 1.06. The van der Waals surface area contributed by atoms with Gasteiger partial charge in [0.15, 0.2) is 0 Å². The van der Waals surface area contributed by atoms with E-state index in [1.54, 1.807) is 30.1 Å². The van der Waals surface area contributed by atoms with Crippen LogP contribution in [0.5, 0.6) is 0 Å². The topological polar surface area (TPSA) is 51.4 Å². The number of rotatable bonds is 3. The third-order valence-electron chi connectivity index (χ3n) is 1.65. The van der Waals surface area contributed by atoms with Gasteiger partial charge < -0.3 is 35.6 Å². The van der Waals surface area contributed by atoms with E-state index in [2.05, 4.69) is 30.2 Å². The number of nitrogens with one attached hydrogen (secondary N) is 1. The first-order valence-electron chi connectivity index (χ1n) is 4.10. The summed E-state index contributed by atoms with van der Waals surface area (Å²) < 4.78 is -0.144. The summed E-state index contributed by atoms with van der Waals surface area (Å²) in [6.07, 6.45) is 0. The Labute approximate surface area is 165 Å². The number of amides is 1. The van der Waals surface area contributed by atoms with Crippen LogP contribution in [0.3, 0.4) is 0 Å². The summed E-state index contributed by atoms with van der Waals surface area (Å²) in [6, 6.07) is 6.47. The number of nitrogens with zero attached hydrogens (tertiary/aromatic N) is 1. The second-order valence-corrected chi connectivity index (χ2v) is 4.25. The molecule has 0 aliphatic rings. The zero-order valence-corrected chi connectivity index (χ0v) is 16.2. The van der Waals surface area contributed by atoms with Crippen molar-refractivity contribution in [2.24, 2.45) is 0 Å². The van der Waals surface area contributed by atoms with Crippen molar-refractivity contribution in [3.63, 3.8) is 0 Å². The predicted octanol–water partition coefficient (Wildman–Crippen LogP) is -3.67. The average molecular weight is 315 g/mol. The molecule has 0 aliphatic heterocycles. The third-order valence-corrected chi connectivity index (χ3v) is 2.31. The van der Waals surface area contributed by atoms with Gasteiger partial charge in [0, 0.05) is 16.3 Å². The average Bonchev–Trinajstić information content (AvgIpc) is 2.22. The first kappa shape index (κ1) is 21.0. The molecule has 0 saturated carbocycles. The molecule has 0 bridgehead atoms. The summed E-state index contributed by atoms with van der Waals surface area (Å²) in [7, 11) is 0. The Hall–Kier alpha value is 0.740. The molecule has 0 fully saturated rings. The Morgan fingerprint density at radius 1 is 1.33 bits per heavy atom. The van der Waals surface area contributed by atoms with E-state index in [9.17, 15) is 4.79 Å². The molecule has 82 valence electrons. The number of carbonyl (C=O) groups excluding carboxylic acids is 1. The van der Waals surface area contributed by atoms with Crippen molar-refractivity contribution in [3.8, 4) is 0 Å². The molecule has 0 radical (unpaired) electrons. The SMILES string of the molecule is [N-]=C=C(C(=O)Nc1ccc(Cl)cc1)C(=S)[S-].[Na+].[Na+].